The van der Waals surface area contributed by atoms with Gasteiger partial charge >= 0.3 is 0 Å². The van der Waals surface area contributed by atoms with E-state index < -0.39 is 15.8 Å². The highest BCUT2D eigenvalue weighted by atomic mass is 32.2. The average molecular weight is 468 g/mol. The summed E-state index contributed by atoms with van der Waals surface area (Å²) in [7, 11) is -3.75. The molecule has 0 unspecified atom stereocenters. The van der Waals surface area contributed by atoms with Gasteiger partial charge in [-0.05, 0) is 36.8 Å². The van der Waals surface area contributed by atoms with E-state index in [9.17, 15) is 13.5 Å². The highest BCUT2D eigenvalue weighted by molar-refractivity contribution is 7.91. The van der Waals surface area contributed by atoms with Crippen molar-refractivity contribution in [3.8, 4) is 5.75 Å². The van der Waals surface area contributed by atoms with Crippen LogP contribution in [0, 0.1) is 0 Å². The Bertz CT molecular complexity index is 1080. The van der Waals surface area contributed by atoms with Gasteiger partial charge in [0.05, 0.1) is 6.26 Å². The number of nitrogens with two attached hydrogens (primary N) is 2. The number of hydrogen-bond acceptors (Lipinski definition) is 7. The summed E-state index contributed by atoms with van der Waals surface area (Å²) in [6.07, 6.45) is 3.96. The fourth-order valence-electron chi connectivity index (χ4n) is 3.26. The summed E-state index contributed by atoms with van der Waals surface area (Å²) in [5, 5.41) is 11.9. The monoisotopic (exact) mass is 467 g/mol. The zero-order valence-electron chi connectivity index (χ0n) is 17.9. The van der Waals surface area contributed by atoms with Crippen LogP contribution in [-0.4, -0.2) is 42.6 Å². The van der Waals surface area contributed by atoms with Crippen molar-refractivity contribution in [3.05, 3.63) is 29.0 Å². The molecule has 1 fully saturated rings. The van der Waals surface area contributed by atoms with Crippen LogP contribution in [0.1, 0.15) is 63.3 Å². The van der Waals surface area contributed by atoms with Crippen molar-refractivity contribution in [2.24, 2.45) is 21.5 Å². The second-order valence-electron chi connectivity index (χ2n) is 7.74. The Morgan fingerprint density at radius 1 is 1.29 bits per heavy atom. The van der Waals surface area contributed by atoms with Crippen molar-refractivity contribution < 1.29 is 17.9 Å². The third-order valence-electron chi connectivity index (χ3n) is 5.17. The zero-order chi connectivity index (χ0) is 22.8. The van der Waals surface area contributed by atoms with Crippen molar-refractivity contribution >= 4 is 38.7 Å². The molecule has 0 amide bonds. The van der Waals surface area contributed by atoms with Gasteiger partial charge in [-0.15, -0.1) is 11.3 Å². The minimum absolute atomic E-state index is 0.0103. The Kier molecular flexibility index (Phi) is 7.07. The lowest BCUT2D eigenvalue weighted by molar-refractivity contribution is 0.450. The summed E-state index contributed by atoms with van der Waals surface area (Å²) in [6.45, 7) is 6.99. The van der Waals surface area contributed by atoms with Crippen LogP contribution in [0.5, 0.6) is 5.75 Å². The molecule has 2 aromatic heterocycles. The molecule has 9 nitrogen and oxygen atoms in total. The van der Waals surface area contributed by atoms with Crippen LogP contribution in [0.2, 0.25) is 0 Å². The summed E-state index contributed by atoms with van der Waals surface area (Å²) in [4.78, 5) is 8.54. The predicted molar refractivity (Wildman–Crippen MR) is 123 cm³/mol. The second-order valence-corrected chi connectivity index (χ2v) is 10.8. The van der Waals surface area contributed by atoms with E-state index in [0.717, 1.165) is 29.7 Å². The van der Waals surface area contributed by atoms with Crippen molar-refractivity contribution in [1.82, 2.24) is 4.31 Å². The number of sulfonamides is 1. The Morgan fingerprint density at radius 2 is 1.97 bits per heavy atom. The van der Waals surface area contributed by atoms with Crippen LogP contribution in [0.3, 0.4) is 0 Å². The van der Waals surface area contributed by atoms with E-state index in [1.165, 1.54) is 9.69 Å². The highest BCUT2D eigenvalue weighted by Crippen LogP contribution is 2.41. The minimum atomic E-state index is -3.75. The molecule has 31 heavy (non-hydrogen) atoms. The van der Waals surface area contributed by atoms with E-state index in [4.69, 9.17) is 15.9 Å². The number of thiophene rings is 1. The second kappa shape index (κ2) is 9.41. The lowest BCUT2D eigenvalue weighted by Gasteiger charge is -2.13. The summed E-state index contributed by atoms with van der Waals surface area (Å²) in [5.41, 5.74) is 13.1. The van der Waals surface area contributed by atoms with Gasteiger partial charge in [-0.25, -0.2) is 13.4 Å². The lowest BCUT2D eigenvalue weighted by atomic mass is 10.1. The smallest absolute Gasteiger partial charge is 0.256 e. The van der Waals surface area contributed by atoms with Crippen molar-refractivity contribution in [2.75, 3.05) is 13.1 Å². The van der Waals surface area contributed by atoms with E-state index in [0.29, 0.717) is 31.2 Å². The van der Waals surface area contributed by atoms with E-state index in [-0.39, 0.29) is 27.6 Å². The molecule has 1 aliphatic heterocycles. The fourth-order valence-corrected chi connectivity index (χ4v) is 6.13. The maximum absolute atomic E-state index is 12.7. The van der Waals surface area contributed by atoms with Crippen LogP contribution in [0.4, 0.5) is 5.69 Å². The molecular weight excluding hydrogens is 438 g/mol. The summed E-state index contributed by atoms with van der Waals surface area (Å²) >= 11 is 0.906. The zero-order valence-corrected chi connectivity index (χ0v) is 19.5. The molecule has 11 heteroatoms. The van der Waals surface area contributed by atoms with Gasteiger partial charge in [-0.1, -0.05) is 20.8 Å². The first-order chi connectivity index (χ1) is 14.6. The standard InChI is InChI=1S/C20H29N5O4S2/c1-4-14(16-9-13(10-29-16)12(2)3)23-18(21)19(22)24-15-11-30-20(17(15)26)31(27,28)25-7-5-6-8-25/h9-12,14,26H,4-8H2,1-3H3,(H2,21,23)(H2,22,24)/t14-/m1/s1. The quantitative estimate of drug-likeness (QED) is 0.419. The Morgan fingerprint density at radius 3 is 2.55 bits per heavy atom. The van der Waals surface area contributed by atoms with Gasteiger partial charge in [0.2, 0.25) is 0 Å². The number of nitrogens with zero attached hydrogens (tertiary/aromatic N) is 3. The number of aliphatic imine (C=N–C) groups is 2. The molecule has 3 rings (SSSR count). The van der Waals surface area contributed by atoms with Gasteiger partial charge in [0.25, 0.3) is 10.0 Å². The highest BCUT2D eigenvalue weighted by Gasteiger charge is 2.32. The van der Waals surface area contributed by atoms with Crippen molar-refractivity contribution in [1.29, 1.82) is 0 Å². The predicted octanol–water partition coefficient (Wildman–Crippen LogP) is 3.45. The topological polar surface area (TPSA) is 148 Å². The van der Waals surface area contributed by atoms with Gasteiger partial charge < -0.3 is 21.0 Å². The van der Waals surface area contributed by atoms with Crippen LogP contribution in [-0.2, 0) is 10.0 Å². The summed E-state index contributed by atoms with van der Waals surface area (Å²) in [5.74, 6) is 0.471. The van der Waals surface area contributed by atoms with Crippen LogP contribution in [0.15, 0.2) is 36.3 Å². The summed E-state index contributed by atoms with van der Waals surface area (Å²) in [6, 6.07) is 1.62. The molecule has 0 aromatic carbocycles. The third kappa shape index (κ3) is 4.94. The first-order valence-electron chi connectivity index (χ1n) is 10.2. The molecule has 0 aliphatic carbocycles. The first kappa shape index (κ1) is 23.3. The van der Waals surface area contributed by atoms with E-state index >= 15 is 0 Å². The molecular formula is C20H29N5O4S2. The van der Waals surface area contributed by atoms with Crippen LogP contribution in [0.25, 0.3) is 0 Å². The Balaban J connectivity index is 1.83. The van der Waals surface area contributed by atoms with E-state index in [2.05, 4.69) is 23.8 Å². The number of amidine groups is 2. The molecule has 2 aromatic rings. The van der Waals surface area contributed by atoms with E-state index in [1.807, 2.05) is 13.0 Å². The maximum atomic E-state index is 12.7. The van der Waals surface area contributed by atoms with Gasteiger partial charge in [-0.3, -0.25) is 4.99 Å². The molecule has 0 spiro atoms. The molecule has 3 heterocycles. The van der Waals surface area contributed by atoms with Crippen molar-refractivity contribution in [2.45, 2.75) is 56.2 Å². The fraction of sp³-hybridized carbons (Fsp3) is 0.500. The number of aromatic hydroxyl groups is 1. The van der Waals surface area contributed by atoms with Crippen LogP contribution >= 0.6 is 11.3 Å². The molecule has 1 atom stereocenters. The summed E-state index contributed by atoms with van der Waals surface area (Å²) < 4.78 is 32.3. The molecule has 5 N–H and O–H groups in total. The first-order valence-corrected chi connectivity index (χ1v) is 12.5. The molecule has 0 bridgehead atoms. The van der Waals surface area contributed by atoms with Gasteiger partial charge in [-0.2, -0.15) is 4.31 Å². The van der Waals surface area contributed by atoms with Crippen LogP contribution < -0.4 is 11.5 Å². The number of rotatable bonds is 7. The normalized spacial score (nSPS) is 17.5. The third-order valence-corrected chi connectivity index (χ3v) is 8.55. The van der Waals surface area contributed by atoms with Crippen molar-refractivity contribution in [3.63, 3.8) is 0 Å². The number of furan rings is 1. The van der Waals surface area contributed by atoms with Gasteiger partial charge in [0, 0.05) is 18.5 Å². The molecule has 0 saturated carbocycles. The average Bonchev–Trinajstić information content (AvgIpc) is 3.47. The molecule has 170 valence electrons. The molecule has 0 radical (unpaired) electrons. The molecule has 1 aliphatic rings. The van der Waals surface area contributed by atoms with E-state index in [1.54, 1.807) is 6.26 Å². The largest absolute Gasteiger partial charge is 0.504 e. The minimum Gasteiger partial charge on any atom is -0.504 e. The Hall–Kier alpha value is -2.37. The number of hydrogen-bond donors (Lipinski definition) is 3. The molecule has 1 saturated heterocycles. The maximum Gasteiger partial charge on any atom is 0.256 e. The van der Waals surface area contributed by atoms with Gasteiger partial charge in [0.15, 0.2) is 21.6 Å². The Labute approximate surface area is 186 Å². The lowest BCUT2D eigenvalue weighted by Crippen LogP contribution is -2.31. The SMILES string of the molecule is CC[C@@H](N=C(N)C(N)=Nc1csc(S(=O)(=O)N2CCCC2)c1O)c1cc(C(C)C)co1. The van der Waals surface area contributed by atoms with Gasteiger partial charge in [0.1, 0.15) is 17.5 Å².